The van der Waals surface area contributed by atoms with Crippen LogP contribution in [0.25, 0.3) is 11.4 Å². The molecule has 3 heterocycles. The van der Waals surface area contributed by atoms with Crippen molar-refractivity contribution in [2.24, 2.45) is 0 Å². The molecule has 1 atom stereocenters. The van der Waals surface area contributed by atoms with Gasteiger partial charge in [-0.1, -0.05) is 30.3 Å². The van der Waals surface area contributed by atoms with Crippen molar-refractivity contribution in [1.82, 2.24) is 34.4 Å². The number of fused-ring (bicyclic) bond motifs is 1. The minimum atomic E-state index is -0.0906. The third-order valence-corrected chi connectivity index (χ3v) is 4.50. The van der Waals surface area contributed by atoms with Gasteiger partial charge in [-0.2, -0.15) is 5.10 Å². The maximum Gasteiger partial charge on any atom is 0.225 e. The number of aromatic nitrogens is 6. The van der Waals surface area contributed by atoms with Gasteiger partial charge in [0.1, 0.15) is 18.5 Å². The van der Waals surface area contributed by atoms with Crippen molar-refractivity contribution in [1.29, 1.82) is 0 Å². The molecule has 8 nitrogen and oxygen atoms in total. The van der Waals surface area contributed by atoms with E-state index in [1.807, 2.05) is 51.4 Å². The highest BCUT2D eigenvalue weighted by Crippen LogP contribution is 2.26. The van der Waals surface area contributed by atoms with Crippen LogP contribution in [0.4, 0.5) is 0 Å². The smallest absolute Gasteiger partial charge is 0.225 e. The van der Waals surface area contributed by atoms with Crippen LogP contribution in [0.15, 0.2) is 43.0 Å². The molecule has 0 N–H and O–H groups in total. The number of carbonyl (C=O) groups excluding carboxylic acids is 1. The molecule has 0 spiro atoms. The van der Waals surface area contributed by atoms with E-state index in [1.165, 1.54) is 0 Å². The van der Waals surface area contributed by atoms with Gasteiger partial charge in [-0.15, -0.1) is 10.2 Å². The lowest BCUT2D eigenvalue weighted by molar-refractivity contribution is -0.134. The molecular weight excluding hydrogens is 318 g/mol. The van der Waals surface area contributed by atoms with Crippen molar-refractivity contribution >= 4 is 5.91 Å². The van der Waals surface area contributed by atoms with Crippen LogP contribution in [-0.2, 0) is 17.9 Å². The van der Waals surface area contributed by atoms with Gasteiger partial charge in [-0.05, 0) is 6.92 Å². The van der Waals surface area contributed by atoms with Crippen molar-refractivity contribution < 1.29 is 4.79 Å². The lowest BCUT2D eigenvalue weighted by atomic mass is 10.2. The molecule has 1 aliphatic heterocycles. The average Bonchev–Trinajstić information content (AvgIpc) is 3.31. The zero-order chi connectivity index (χ0) is 17.2. The molecule has 0 bridgehead atoms. The van der Waals surface area contributed by atoms with E-state index in [9.17, 15) is 4.79 Å². The Morgan fingerprint density at radius 3 is 2.68 bits per heavy atom. The molecule has 0 radical (unpaired) electrons. The van der Waals surface area contributed by atoms with Gasteiger partial charge >= 0.3 is 0 Å². The van der Waals surface area contributed by atoms with Gasteiger partial charge in [0, 0.05) is 25.1 Å². The second-order valence-electron chi connectivity index (χ2n) is 6.10. The van der Waals surface area contributed by atoms with Gasteiger partial charge in [0.05, 0.1) is 12.6 Å². The predicted molar refractivity (Wildman–Crippen MR) is 90.2 cm³/mol. The topological polar surface area (TPSA) is 81.7 Å². The van der Waals surface area contributed by atoms with E-state index in [0.717, 1.165) is 11.4 Å². The Morgan fingerprint density at radius 1 is 1.16 bits per heavy atom. The minimum absolute atomic E-state index is 0.0906. The van der Waals surface area contributed by atoms with E-state index < -0.39 is 0 Å². The molecule has 0 saturated heterocycles. The van der Waals surface area contributed by atoms with Gasteiger partial charge in [0.2, 0.25) is 5.91 Å². The van der Waals surface area contributed by atoms with Crippen LogP contribution < -0.4 is 0 Å². The summed E-state index contributed by atoms with van der Waals surface area (Å²) in [5.41, 5.74) is 0.988. The molecule has 0 unspecified atom stereocenters. The number of rotatable bonds is 4. The van der Waals surface area contributed by atoms with Gasteiger partial charge in [0.15, 0.2) is 5.82 Å². The Hall–Kier alpha value is -3.03. The van der Waals surface area contributed by atoms with Crippen molar-refractivity contribution in [2.45, 2.75) is 32.5 Å². The van der Waals surface area contributed by atoms with Crippen LogP contribution in [0.5, 0.6) is 0 Å². The highest BCUT2D eigenvalue weighted by Gasteiger charge is 2.30. The fraction of sp³-hybridized carbons (Fsp3) is 0.353. The molecule has 0 aliphatic carbocycles. The van der Waals surface area contributed by atoms with E-state index in [4.69, 9.17) is 0 Å². The molecule has 0 fully saturated rings. The number of benzene rings is 1. The van der Waals surface area contributed by atoms with Gasteiger partial charge < -0.3 is 9.47 Å². The normalized spacial score (nSPS) is 16.7. The number of hydrogen-bond donors (Lipinski definition) is 0. The highest BCUT2D eigenvalue weighted by atomic mass is 16.2. The number of aryl methyl sites for hydroxylation is 1. The summed E-state index contributed by atoms with van der Waals surface area (Å²) in [5, 5.41) is 12.1. The molecule has 1 aliphatic rings. The van der Waals surface area contributed by atoms with Crippen LogP contribution in [-0.4, -0.2) is 46.9 Å². The summed E-state index contributed by atoms with van der Waals surface area (Å²) in [5.74, 6) is 1.65. The number of amides is 1. The van der Waals surface area contributed by atoms with Crippen molar-refractivity contribution in [2.75, 3.05) is 6.54 Å². The summed E-state index contributed by atoms with van der Waals surface area (Å²) >= 11 is 0. The molecule has 8 heteroatoms. The maximum atomic E-state index is 12.6. The summed E-state index contributed by atoms with van der Waals surface area (Å²) < 4.78 is 3.72. The zero-order valence-electron chi connectivity index (χ0n) is 14.0. The van der Waals surface area contributed by atoms with Crippen LogP contribution in [0.2, 0.25) is 0 Å². The van der Waals surface area contributed by atoms with E-state index in [0.29, 0.717) is 31.9 Å². The monoisotopic (exact) mass is 337 g/mol. The molecule has 4 rings (SSSR count). The van der Waals surface area contributed by atoms with E-state index >= 15 is 0 Å². The average molecular weight is 337 g/mol. The van der Waals surface area contributed by atoms with Crippen molar-refractivity contribution in [3.63, 3.8) is 0 Å². The predicted octanol–water partition coefficient (Wildman–Crippen LogP) is 1.53. The first kappa shape index (κ1) is 15.5. The molecule has 0 saturated carbocycles. The molecule has 2 aromatic heterocycles. The van der Waals surface area contributed by atoms with Gasteiger partial charge in [-0.25, -0.2) is 9.67 Å². The Labute approximate surface area is 145 Å². The highest BCUT2D eigenvalue weighted by molar-refractivity contribution is 5.76. The maximum absolute atomic E-state index is 12.6. The third-order valence-electron chi connectivity index (χ3n) is 4.50. The number of nitrogens with zero attached hydrogens (tertiary/aromatic N) is 7. The number of hydrogen-bond acceptors (Lipinski definition) is 5. The third kappa shape index (κ3) is 3.02. The first-order valence-electron chi connectivity index (χ1n) is 8.34. The first-order chi connectivity index (χ1) is 12.2. The molecule has 3 aromatic rings. The van der Waals surface area contributed by atoms with Crippen LogP contribution in [0, 0.1) is 0 Å². The van der Waals surface area contributed by atoms with Crippen molar-refractivity contribution in [3.05, 3.63) is 48.8 Å². The Kier molecular flexibility index (Phi) is 4.01. The van der Waals surface area contributed by atoms with Gasteiger partial charge in [0.25, 0.3) is 0 Å². The van der Waals surface area contributed by atoms with Crippen LogP contribution in [0.1, 0.15) is 25.2 Å². The van der Waals surface area contributed by atoms with E-state index in [2.05, 4.69) is 20.3 Å². The Morgan fingerprint density at radius 2 is 1.92 bits per heavy atom. The summed E-state index contributed by atoms with van der Waals surface area (Å²) in [6, 6.07) is 9.81. The lowest BCUT2D eigenvalue weighted by Crippen LogP contribution is -2.41. The standard InChI is InChI=1S/C17H19N7O/c1-13-17-20-16(14-5-3-2-4-6-14)21-24(17)10-9-23(13)15(25)7-8-22-11-18-19-12-22/h2-6,11-13H,7-10H2,1H3/t13-/m0/s1. The fourth-order valence-corrected chi connectivity index (χ4v) is 3.12. The van der Waals surface area contributed by atoms with Gasteiger partial charge in [-0.3, -0.25) is 4.79 Å². The summed E-state index contributed by atoms with van der Waals surface area (Å²) in [6.45, 7) is 3.90. The molecule has 25 heavy (non-hydrogen) atoms. The molecular formula is C17H19N7O. The van der Waals surface area contributed by atoms with Crippen LogP contribution in [0.3, 0.4) is 0 Å². The summed E-state index contributed by atoms with van der Waals surface area (Å²) in [4.78, 5) is 19.2. The SMILES string of the molecule is C[C@H]1c2nc(-c3ccccc3)nn2CCN1C(=O)CCn1cnnc1. The quantitative estimate of drug-likeness (QED) is 0.721. The Bertz CT molecular complexity index is 857. The zero-order valence-corrected chi connectivity index (χ0v) is 14.0. The Balaban J connectivity index is 1.50. The summed E-state index contributed by atoms with van der Waals surface area (Å²) in [7, 11) is 0. The minimum Gasteiger partial charge on any atom is -0.331 e. The molecule has 128 valence electrons. The molecule has 1 aromatic carbocycles. The lowest BCUT2D eigenvalue weighted by Gasteiger charge is -2.33. The van der Waals surface area contributed by atoms with E-state index in [-0.39, 0.29) is 11.9 Å². The van der Waals surface area contributed by atoms with E-state index in [1.54, 1.807) is 12.7 Å². The second kappa shape index (κ2) is 6.46. The molecule has 1 amide bonds. The largest absolute Gasteiger partial charge is 0.331 e. The van der Waals surface area contributed by atoms with Crippen LogP contribution >= 0.6 is 0 Å². The first-order valence-corrected chi connectivity index (χ1v) is 8.34. The number of carbonyl (C=O) groups is 1. The fourth-order valence-electron chi connectivity index (χ4n) is 3.12. The van der Waals surface area contributed by atoms with Crippen molar-refractivity contribution in [3.8, 4) is 11.4 Å². The summed E-state index contributed by atoms with van der Waals surface area (Å²) in [6.07, 6.45) is 3.66. The second-order valence-corrected chi connectivity index (χ2v) is 6.10.